The number of hydrogen-bond donors (Lipinski definition) is 1. The van der Waals surface area contributed by atoms with E-state index in [1.54, 1.807) is 0 Å². The highest BCUT2D eigenvalue weighted by Gasteiger charge is 2.15. The summed E-state index contributed by atoms with van der Waals surface area (Å²) < 4.78 is 7.57. The first kappa shape index (κ1) is 21.6. The summed E-state index contributed by atoms with van der Waals surface area (Å²) in [5.74, 6) is 0.250. The maximum absolute atomic E-state index is 12.2. The number of fused-ring (bicyclic) bond motifs is 1. The number of amides is 1. The number of carbonyl (C=O) groups is 1. The van der Waals surface area contributed by atoms with Crippen molar-refractivity contribution in [2.45, 2.75) is 33.6 Å². The average Bonchev–Trinajstić information content (AvgIpc) is 3.15. The van der Waals surface area contributed by atoms with E-state index in [1.807, 2.05) is 54.9 Å². The summed E-state index contributed by atoms with van der Waals surface area (Å²) in [4.78, 5) is 16.9. The molecule has 4 aromatic rings. The molecule has 0 saturated heterocycles. The minimum atomic E-state index is -0.166. The molecule has 0 aliphatic heterocycles. The SMILES string of the molecule is CCc1ccc(-n2nc(C)c3c(C)cc(OCC(=O)NCCc4ccccc4)nc32)cc1. The van der Waals surface area contributed by atoms with Gasteiger partial charge in [-0.25, -0.2) is 4.68 Å². The van der Waals surface area contributed by atoms with E-state index in [0.717, 1.165) is 40.8 Å². The molecule has 0 unspecified atom stereocenters. The average molecular weight is 429 g/mol. The summed E-state index contributed by atoms with van der Waals surface area (Å²) in [6.45, 7) is 6.61. The smallest absolute Gasteiger partial charge is 0.258 e. The monoisotopic (exact) mass is 428 g/mol. The van der Waals surface area contributed by atoms with Gasteiger partial charge in [0.25, 0.3) is 5.91 Å². The second-order valence-corrected chi connectivity index (χ2v) is 7.87. The first-order valence-electron chi connectivity index (χ1n) is 10.9. The maximum atomic E-state index is 12.2. The number of nitrogens with zero attached hydrogens (tertiary/aromatic N) is 3. The van der Waals surface area contributed by atoms with E-state index in [0.29, 0.717) is 12.4 Å². The molecule has 164 valence electrons. The summed E-state index contributed by atoms with van der Waals surface area (Å²) in [6.07, 6.45) is 1.77. The van der Waals surface area contributed by atoms with Crippen LogP contribution in [0.3, 0.4) is 0 Å². The van der Waals surface area contributed by atoms with Crippen molar-refractivity contribution < 1.29 is 9.53 Å². The first-order chi connectivity index (χ1) is 15.5. The Morgan fingerprint density at radius 3 is 2.50 bits per heavy atom. The molecule has 0 bridgehead atoms. The minimum Gasteiger partial charge on any atom is -0.468 e. The van der Waals surface area contributed by atoms with Crippen LogP contribution in [-0.4, -0.2) is 33.8 Å². The Bertz CT molecular complexity index is 1210. The number of nitrogens with one attached hydrogen (secondary N) is 1. The first-order valence-corrected chi connectivity index (χ1v) is 10.9. The molecule has 0 atom stereocenters. The molecular formula is C26H28N4O2. The van der Waals surface area contributed by atoms with Gasteiger partial charge >= 0.3 is 0 Å². The van der Waals surface area contributed by atoms with E-state index in [9.17, 15) is 4.79 Å². The van der Waals surface area contributed by atoms with Crippen LogP contribution in [0.25, 0.3) is 16.7 Å². The minimum absolute atomic E-state index is 0.0783. The molecular weight excluding hydrogens is 400 g/mol. The van der Waals surface area contributed by atoms with Gasteiger partial charge in [-0.1, -0.05) is 49.4 Å². The van der Waals surface area contributed by atoms with Gasteiger partial charge in [-0.15, -0.1) is 0 Å². The van der Waals surface area contributed by atoms with Crippen LogP contribution < -0.4 is 10.1 Å². The third-order valence-electron chi connectivity index (χ3n) is 5.51. The number of rotatable bonds is 8. The fourth-order valence-corrected chi connectivity index (χ4v) is 3.78. The van der Waals surface area contributed by atoms with Crippen molar-refractivity contribution in [1.82, 2.24) is 20.1 Å². The molecule has 2 heterocycles. The molecule has 1 amide bonds. The number of pyridine rings is 1. The molecule has 6 heteroatoms. The van der Waals surface area contributed by atoms with Gasteiger partial charge in [-0.05, 0) is 55.5 Å². The van der Waals surface area contributed by atoms with Gasteiger partial charge in [0.1, 0.15) is 0 Å². The zero-order valence-electron chi connectivity index (χ0n) is 18.8. The fourth-order valence-electron chi connectivity index (χ4n) is 3.78. The Hall–Kier alpha value is -3.67. The van der Waals surface area contributed by atoms with Crippen LogP contribution >= 0.6 is 0 Å². The molecule has 0 spiro atoms. The number of aromatic nitrogens is 3. The number of ether oxygens (including phenoxy) is 1. The molecule has 0 saturated carbocycles. The van der Waals surface area contributed by atoms with Crippen molar-refractivity contribution in [3.8, 4) is 11.6 Å². The molecule has 0 fully saturated rings. The van der Waals surface area contributed by atoms with Crippen molar-refractivity contribution in [3.63, 3.8) is 0 Å². The lowest BCUT2D eigenvalue weighted by Crippen LogP contribution is -2.30. The summed E-state index contributed by atoms with van der Waals surface area (Å²) in [7, 11) is 0. The quantitative estimate of drug-likeness (QED) is 0.453. The number of benzene rings is 2. The van der Waals surface area contributed by atoms with Crippen LogP contribution in [0, 0.1) is 13.8 Å². The molecule has 4 rings (SSSR count). The van der Waals surface area contributed by atoms with Gasteiger partial charge in [0.15, 0.2) is 12.3 Å². The highest BCUT2D eigenvalue weighted by atomic mass is 16.5. The lowest BCUT2D eigenvalue weighted by molar-refractivity contribution is -0.123. The predicted molar refractivity (Wildman–Crippen MR) is 126 cm³/mol. The Morgan fingerprint density at radius 1 is 1.03 bits per heavy atom. The fraction of sp³-hybridized carbons (Fsp3) is 0.269. The van der Waals surface area contributed by atoms with Crippen molar-refractivity contribution >= 4 is 16.9 Å². The zero-order valence-corrected chi connectivity index (χ0v) is 18.8. The lowest BCUT2D eigenvalue weighted by atomic mass is 10.1. The third kappa shape index (κ3) is 4.80. The van der Waals surface area contributed by atoms with Gasteiger partial charge < -0.3 is 10.1 Å². The van der Waals surface area contributed by atoms with E-state index in [4.69, 9.17) is 9.84 Å². The summed E-state index contributed by atoms with van der Waals surface area (Å²) in [6, 6.07) is 20.2. The summed E-state index contributed by atoms with van der Waals surface area (Å²) >= 11 is 0. The zero-order chi connectivity index (χ0) is 22.5. The second-order valence-electron chi connectivity index (χ2n) is 7.87. The summed E-state index contributed by atoms with van der Waals surface area (Å²) in [5.41, 5.74) is 6.06. The van der Waals surface area contributed by atoms with Gasteiger partial charge in [-0.3, -0.25) is 4.79 Å². The summed E-state index contributed by atoms with van der Waals surface area (Å²) in [5, 5.41) is 8.60. The molecule has 6 nitrogen and oxygen atoms in total. The van der Waals surface area contributed by atoms with Gasteiger partial charge in [0.2, 0.25) is 5.88 Å². The predicted octanol–water partition coefficient (Wildman–Crippen LogP) is 4.34. The molecule has 2 aromatic carbocycles. The number of hydrogen-bond acceptors (Lipinski definition) is 4. The normalized spacial score (nSPS) is 11.0. The second kappa shape index (κ2) is 9.64. The van der Waals surface area contributed by atoms with Gasteiger partial charge in [0.05, 0.1) is 11.4 Å². The standard InChI is InChI=1S/C26H28N4O2/c1-4-20-10-12-22(13-11-20)30-26-25(19(3)29-30)18(2)16-24(28-26)32-17-23(31)27-15-14-21-8-6-5-7-9-21/h5-13,16H,4,14-15,17H2,1-3H3,(H,27,31). The Kier molecular flexibility index (Phi) is 6.50. The van der Waals surface area contributed by atoms with Crippen LogP contribution in [0.4, 0.5) is 0 Å². The third-order valence-corrected chi connectivity index (χ3v) is 5.51. The maximum Gasteiger partial charge on any atom is 0.258 e. The molecule has 1 N–H and O–H groups in total. The van der Waals surface area contributed by atoms with E-state index >= 15 is 0 Å². The van der Waals surface area contributed by atoms with Gasteiger partial charge in [-0.2, -0.15) is 10.1 Å². The number of aryl methyl sites for hydroxylation is 3. The number of carbonyl (C=O) groups excluding carboxylic acids is 1. The molecule has 32 heavy (non-hydrogen) atoms. The van der Waals surface area contributed by atoms with Crippen molar-refractivity contribution in [1.29, 1.82) is 0 Å². The van der Waals surface area contributed by atoms with Crippen LogP contribution in [0.1, 0.15) is 29.3 Å². The van der Waals surface area contributed by atoms with Crippen LogP contribution in [0.15, 0.2) is 60.7 Å². The van der Waals surface area contributed by atoms with Crippen LogP contribution in [0.2, 0.25) is 0 Å². The lowest BCUT2D eigenvalue weighted by Gasteiger charge is -2.09. The molecule has 0 aliphatic rings. The van der Waals surface area contributed by atoms with Crippen molar-refractivity contribution in [2.24, 2.45) is 0 Å². The highest BCUT2D eigenvalue weighted by Crippen LogP contribution is 2.26. The van der Waals surface area contributed by atoms with Crippen molar-refractivity contribution in [2.75, 3.05) is 13.2 Å². The Labute approximate surface area is 188 Å². The highest BCUT2D eigenvalue weighted by molar-refractivity contribution is 5.84. The van der Waals surface area contributed by atoms with Gasteiger partial charge in [0, 0.05) is 18.0 Å². The van der Waals surface area contributed by atoms with E-state index in [-0.39, 0.29) is 12.5 Å². The van der Waals surface area contributed by atoms with E-state index in [2.05, 4.69) is 41.5 Å². The molecule has 0 radical (unpaired) electrons. The Balaban J connectivity index is 1.46. The molecule has 0 aliphatic carbocycles. The van der Waals surface area contributed by atoms with Crippen LogP contribution in [0.5, 0.6) is 5.88 Å². The van der Waals surface area contributed by atoms with Crippen molar-refractivity contribution in [3.05, 3.63) is 83.0 Å². The molecule has 2 aromatic heterocycles. The Morgan fingerprint density at radius 2 is 1.78 bits per heavy atom. The van der Waals surface area contributed by atoms with E-state index in [1.165, 1.54) is 11.1 Å². The largest absolute Gasteiger partial charge is 0.468 e. The van der Waals surface area contributed by atoms with Crippen LogP contribution in [-0.2, 0) is 17.6 Å². The topological polar surface area (TPSA) is 69.0 Å². The van der Waals surface area contributed by atoms with E-state index < -0.39 is 0 Å².